The van der Waals surface area contributed by atoms with Gasteiger partial charge in [-0.1, -0.05) is 48.4 Å². The smallest absolute Gasteiger partial charge is 0.136 e. The van der Waals surface area contributed by atoms with Gasteiger partial charge in [0.2, 0.25) is 0 Å². The van der Waals surface area contributed by atoms with E-state index in [1.54, 1.807) is 0 Å². The molecule has 2 N–H and O–H groups in total. The minimum atomic E-state index is -0.138. The van der Waals surface area contributed by atoms with Crippen LogP contribution in [0.2, 0.25) is 5.02 Å². The van der Waals surface area contributed by atoms with Crippen LogP contribution in [0.3, 0.4) is 0 Å². The Hall–Kier alpha value is -1.51. The Bertz CT molecular complexity index is 566. The summed E-state index contributed by atoms with van der Waals surface area (Å²) < 4.78 is 6.00. The normalized spacial score (nSPS) is 12.2. The molecule has 106 valence electrons. The maximum atomic E-state index is 6.12. The van der Waals surface area contributed by atoms with Crippen LogP contribution in [0.5, 0.6) is 5.75 Å². The Labute approximate surface area is 125 Å². The number of hydrogen-bond donors (Lipinski definition) is 1. The largest absolute Gasteiger partial charge is 0.484 e. The van der Waals surface area contributed by atoms with Crippen molar-refractivity contribution in [3.8, 4) is 5.75 Å². The van der Waals surface area contributed by atoms with Crippen molar-refractivity contribution >= 4 is 11.6 Å². The van der Waals surface area contributed by atoms with Gasteiger partial charge >= 0.3 is 0 Å². The van der Waals surface area contributed by atoms with Crippen LogP contribution >= 0.6 is 11.6 Å². The summed E-state index contributed by atoms with van der Waals surface area (Å²) in [5.41, 5.74) is 9.24. The predicted molar refractivity (Wildman–Crippen MR) is 84.4 cm³/mol. The van der Waals surface area contributed by atoms with Crippen molar-refractivity contribution in [3.05, 3.63) is 64.2 Å². The van der Waals surface area contributed by atoms with Gasteiger partial charge in [-0.3, -0.25) is 0 Å². The summed E-state index contributed by atoms with van der Waals surface area (Å²) in [4.78, 5) is 0. The van der Waals surface area contributed by atoms with Gasteiger partial charge in [0.05, 0.1) is 0 Å². The third-order valence-electron chi connectivity index (χ3n) is 3.34. The molecule has 2 nitrogen and oxygen atoms in total. The van der Waals surface area contributed by atoms with Crippen molar-refractivity contribution in [2.75, 3.05) is 6.54 Å². The van der Waals surface area contributed by atoms with Gasteiger partial charge in [0.25, 0.3) is 0 Å². The van der Waals surface area contributed by atoms with Gasteiger partial charge in [-0.05, 0) is 42.7 Å². The van der Waals surface area contributed by atoms with Crippen molar-refractivity contribution in [2.24, 2.45) is 5.73 Å². The predicted octanol–water partition coefficient (Wildman–Crippen LogP) is 4.29. The molecule has 0 spiro atoms. The summed E-state index contributed by atoms with van der Waals surface area (Å²) in [5, 5.41) is 0.777. The molecule has 0 aliphatic heterocycles. The molecule has 20 heavy (non-hydrogen) atoms. The highest BCUT2D eigenvalue weighted by atomic mass is 35.5. The SMILES string of the molecule is CCc1cc(OC(CN)c2ccc(C)cc2)ccc1Cl. The molecular formula is C17H20ClNO. The topological polar surface area (TPSA) is 35.2 Å². The molecule has 0 aliphatic carbocycles. The van der Waals surface area contributed by atoms with Gasteiger partial charge in [0.1, 0.15) is 11.9 Å². The lowest BCUT2D eigenvalue weighted by Gasteiger charge is -2.19. The average molecular weight is 290 g/mol. The lowest BCUT2D eigenvalue weighted by atomic mass is 10.1. The molecule has 2 rings (SSSR count). The first-order valence-corrected chi connectivity index (χ1v) is 7.23. The number of halogens is 1. The number of nitrogens with two attached hydrogens (primary N) is 1. The molecule has 1 atom stereocenters. The monoisotopic (exact) mass is 289 g/mol. The number of benzene rings is 2. The van der Waals surface area contributed by atoms with Crippen molar-refractivity contribution in [2.45, 2.75) is 26.4 Å². The number of aryl methyl sites for hydroxylation is 2. The van der Waals surface area contributed by atoms with Crippen LogP contribution in [0.1, 0.15) is 29.7 Å². The first kappa shape index (κ1) is 14.9. The third-order valence-corrected chi connectivity index (χ3v) is 3.71. The minimum absolute atomic E-state index is 0.138. The zero-order valence-electron chi connectivity index (χ0n) is 11.9. The minimum Gasteiger partial charge on any atom is -0.484 e. The Morgan fingerprint density at radius 1 is 1.15 bits per heavy atom. The van der Waals surface area contributed by atoms with Crippen molar-refractivity contribution in [1.29, 1.82) is 0 Å². The van der Waals surface area contributed by atoms with Gasteiger partial charge in [0.15, 0.2) is 0 Å². The lowest BCUT2D eigenvalue weighted by molar-refractivity contribution is 0.214. The van der Waals surface area contributed by atoms with Gasteiger partial charge in [0, 0.05) is 11.6 Å². The second kappa shape index (κ2) is 6.78. The van der Waals surface area contributed by atoms with Gasteiger partial charge < -0.3 is 10.5 Å². The molecule has 0 heterocycles. The van der Waals surface area contributed by atoms with Crippen LogP contribution in [-0.4, -0.2) is 6.54 Å². The summed E-state index contributed by atoms with van der Waals surface area (Å²) in [7, 11) is 0. The molecule has 0 radical (unpaired) electrons. The van der Waals surface area contributed by atoms with E-state index in [9.17, 15) is 0 Å². The van der Waals surface area contributed by atoms with Gasteiger partial charge in [-0.15, -0.1) is 0 Å². The standard InChI is InChI=1S/C17H20ClNO/c1-3-13-10-15(8-9-16(13)18)20-17(11-19)14-6-4-12(2)5-7-14/h4-10,17H,3,11,19H2,1-2H3. The Kier molecular flexibility index (Phi) is 5.05. The lowest BCUT2D eigenvalue weighted by Crippen LogP contribution is -2.18. The number of ether oxygens (including phenoxy) is 1. The van der Waals surface area contributed by atoms with Crippen LogP contribution in [0.15, 0.2) is 42.5 Å². The van der Waals surface area contributed by atoms with E-state index in [-0.39, 0.29) is 6.10 Å². The Balaban J connectivity index is 2.19. The van der Waals surface area contributed by atoms with E-state index in [1.165, 1.54) is 5.56 Å². The van der Waals surface area contributed by atoms with Gasteiger partial charge in [-0.2, -0.15) is 0 Å². The quantitative estimate of drug-likeness (QED) is 0.891. The summed E-state index contributed by atoms with van der Waals surface area (Å²) in [6.07, 6.45) is 0.745. The molecule has 1 unspecified atom stereocenters. The summed E-state index contributed by atoms with van der Waals surface area (Å²) >= 11 is 6.12. The maximum absolute atomic E-state index is 6.12. The summed E-state index contributed by atoms with van der Waals surface area (Å²) in [5.74, 6) is 0.808. The fraction of sp³-hybridized carbons (Fsp3) is 0.294. The van der Waals surface area contributed by atoms with E-state index >= 15 is 0 Å². The van der Waals surface area contributed by atoms with E-state index in [4.69, 9.17) is 22.1 Å². The first-order chi connectivity index (χ1) is 9.63. The molecule has 0 aliphatic rings. The zero-order chi connectivity index (χ0) is 14.5. The summed E-state index contributed by atoms with van der Waals surface area (Å²) in [6.45, 7) is 4.58. The molecule has 0 bridgehead atoms. The van der Waals surface area contributed by atoms with Crippen LogP contribution < -0.4 is 10.5 Å². The van der Waals surface area contributed by atoms with Crippen molar-refractivity contribution in [3.63, 3.8) is 0 Å². The maximum Gasteiger partial charge on any atom is 0.136 e. The van der Waals surface area contributed by atoms with E-state index in [2.05, 4.69) is 38.1 Å². The molecule has 0 amide bonds. The fourth-order valence-corrected chi connectivity index (χ4v) is 2.34. The second-order valence-electron chi connectivity index (χ2n) is 4.86. The molecule has 2 aromatic rings. The van der Waals surface area contributed by atoms with E-state index < -0.39 is 0 Å². The van der Waals surface area contributed by atoms with Crippen LogP contribution in [0.25, 0.3) is 0 Å². The van der Waals surface area contributed by atoms with Crippen LogP contribution in [0.4, 0.5) is 0 Å². The third kappa shape index (κ3) is 3.53. The second-order valence-corrected chi connectivity index (χ2v) is 5.27. The molecule has 0 aromatic heterocycles. The first-order valence-electron chi connectivity index (χ1n) is 6.85. The van der Waals surface area contributed by atoms with Crippen LogP contribution in [-0.2, 0) is 6.42 Å². The number of hydrogen-bond acceptors (Lipinski definition) is 2. The van der Waals surface area contributed by atoms with E-state index in [1.807, 2.05) is 18.2 Å². The molecule has 0 fully saturated rings. The molecular weight excluding hydrogens is 270 g/mol. The molecule has 3 heteroatoms. The molecule has 0 saturated carbocycles. The highest BCUT2D eigenvalue weighted by Gasteiger charge is 2.12. The molecule has 2 aromatic carbocycles. The molecule has 0 saturated heterocycles. The Morgan fingerprint density at radius 3 is 2.45 bits per heavy atom. The van der Waals surface area contributed by atoms with E-state index in [0.29, 0.717) is 6.54 Å². The van der Waals surface area contributed by atoms with Crippen molar-refractivity contribution < 1.29 is 4.74 Å². The average Bonchev–Trinajstić information content (AvgIpc) is 2.47. The van der Waals surface area contributed by atoms with Crippen molar-refractivity contribution in [1.82, 2.24) is 0 Å². The fourth-order valence-electron chi connectivity index (χ4n) is 2.09. The highest BCUT2D eigenvalue weighted by Crippen LogP contribution is 2.26. The van der Waals surface area contributed by atoms with Gasteiger partial charge in [-0.25, -0.2) is 0 Å². The van der Waals surface area contributed by atoms with E-state index in [0.717, 1.165) is 28.3 Å². The summed E-state index contributed by atoms with van der Waals surface area (Å²) in [6, 6.07) is 14.0. The number of rotatable bonds is 5. The zero-order valence-corrected chi connectivity index (χ0v) is 12.7. The van der Waals surface area contributed by atoms with Crippen LogP contribution in [0, 0.1) is 6.92 Å². The highest BCUT2D eigenvalue weighted by molar-refractivity contribution is 6.31. The Morgan fingerprint density at radius 2 is 1.85 bits per heavy atom.